The molecule has 1 aliphatic heterocycles. The maximum absolute atomic E-state index is 12.5. The Hall–Kier alpha value is -2.41. The maximum atomic E-state index is 12.5. The van der Waals surface area contributed by atoms with Gasteiger partial charge in [0.15, 0.2) is 5.13 Å². The number of nitrogens with two attached hydrogens (primary N) is 1. The van der Waals surface area contributed by atoms with Gasteiger partial charge in [0, 0.05) is 19.6 Å². The Kier molecular flexibility index (Phi) is 4.80. The van der Waals surface area contributed by atoms with Crippen molar-refractivity contribution in [2.45, 2.75) is 13.3 Å². The van der Waals surface area contributed by atoms with Gasteiger partial charge in [-0.05, 0) is 18.9 Å². The highest BCUT2D eigenvalue weighted by Gasteiger charge is 2.29. The summed E-state index contributed by atoms with van der Waals surface area (Å²) in [6.07, 6.45) is 0.824. The second-order valence-corrected chi connectivity index (χ2v) is 6.84. The molecule has 0 saturated carbocycles. The molecule has 2 heterocycles. The van der Waals surface area contributed by atoms with Crippen molar-refractivity contribution in [2.24, 2.45) is 0 Å². The number of carbonyl (C=O) groups is 2. The van der Waals surface area contributed by atoms with E-state index in [1.165, 1.54) is 16.9 Å². The second kappa shape index (κ2) is 7.00. The average Bonchev–Trinajstić information content (AvgIpc) is 2.92. The first-order valence-corrected chi connectivity index (χ1v) is 8.70. The van der Waals surface area contributed by atoms with Gasteiger partial charge in [-0.25, -0.2) is 4.98 Å². The molecule has 0 bridgehead atoms. The Labute approximate surface area is 144 Å². The molecule has 0 atom stereocenters. The van der Waals surface area contributed by atoms with E-state index in [1.54, 1.807) is 11.8 Å². The third kappa shape index (κ3) is 3.56. The molecule has 1 fully saturated rings. The van der Waals surface area contributed by atoms with Crippen molar-refractivity contribution in [1.82, 2.24) is 14.8 Å². The quantitative estimate of drug-likeness (QED) is 0.913. The smallest absolute Gasteiger partial charge is 0.266 e. The Morgan fingerprint density at radius 1 is 1.29 bits per heavy atom. The van der Waals surface area contributed by atoms with Crippen molar-refractivity contribution < 1.29 is 9.59 Å². The van der Waals surface area contributed by atoms with Crippen molar-refractivity contribution in [3.05, 3.63) is 46.5 Å². The SMILES string of the molecule is Cc1nc(N)sc1C(=O)N1CCN(CCc2ccccc2)C(=O)C1. The van der Waals surface area contributed by atoms with E-state index in [2.05, 4.69) is 17.1 Å². The van der Waals surface area contributed by atoms with Crippen molar-refractivity contribution in [1.29, 1.82) is 0 Å². The van der Waals surface area contributed by atoms with Crippen LogP contribution in [0.1, 0.15) is 20.9 Å². The van der Waals surface area contributed by atoms with Crippen LogP contribution in [0.3, 0.4) is 0 Å². The summed E-state index contributed by atoms with van der Waals surface area (Å²) in [5.74, 6) is -0.168. The number of hydrogen-bond donors (Lipinski definition) is 1. The minimum absolute atomic E-state index is 0.0133. The lowest BCUT2D eigenvalue weighted by Gasteiger charge is -2.34. The highest BCUT2D eigenvalue weighted by atomic mass is 32.1. The van der Waals surface area contributed by atoms with E-state index in [1.807, 2.05) is 23.1 Å². The first-order chi connectivity index (χ1) is 11.5. The number of piperazine rings is 1. The first-order valence-electron chi connectivity index (χ1n) is 7.88. The van der Waals surface area contributed by atoms with Crippen molar-refractivity contribution in [3.63, 3.8) is 0 Å². The lowest BCUT2D eigenvalue weighted by molar-refractivity contribution is -0.134. The minimum atomic E-state index is -0.155. The summed E-state index contributed by atoms with van der Waals surface area (Å²) in [4.78, 5) is 32.9. The summed E-state index contributed by atoms with van der Waals surface area (Å²) in [6, 6.07) is 10.1. The Morgan fingerprint density at radius 2 is 2.04 bits per heavy atom. The van der Waals surface area contributed by atoms with Gasteiger partial charge in [-0.1, -0.05) is 41.7 Å². The molecule has 1 saturated heterocycles. The van der Waals surface area contributed by atoms with E-state index in [4.69, 9.17) is 5.73 Å². The number of benzene rings is 1. The highest BCUT2D eigenvalue weighted by Crippen LogP contribution is 2.22. The van der Waals surface area contributed by atoms with Crippen LogP contribution >= 0.6 is 11.3 Å². The molecule has 2 amide bonds. The van der Waals surface area contributed by atoms with E-state index in [0.29, 0.717) is 35.3 Å². The van der Waals surface area contributed by atoms with Crippen LogP contribution in [0, 0.1) is 6.92 Å². The standard InChI is InChI=1S/C17H20N4O2S/c1-12-15(24-17(18)19-12)16(23)21-10-9-20(14(22)11-21)8-7-13-5-3-2-4-6-13/h2-6H,7-11H2,1H3,(H2,18,19). The van der Waals surface area contributed by atoms with Gasteiger partial charge in [-0.3, -0.25) is 9.59 Å². The van der Waals surface area contributed by atoms with Crippen LogP contribution in [0.4, 0.5) is 5.13 Å². The predicted molar refractivity (Wildman–Crippen MR) is 93.9 cm³/mol. The molecular formula is C17H20N4O2S. The number of amides is 2. The van der Waals surface area contributed by atoms with Crippen LogP contribution in [-0.4, -0.2) is 52.8 Å². The Morgan fingerprint density at radius 3 is 2.67 bits per heavy atom. The molecule has 126 valence electrons. The summed E-state index contributed by atoms with van der Waals surface area (Å²) in [6.45, 7) is 3.65. The van der Waals surface area contributed by atoms with E-state index in [9.17, 15) is 9.59 Å². The van der Waals surface area contributed by atoms with Crippen LogP contribution in [0.5, 0.6) is 0 Å². The van der Waals surface area contributed by atoms with Gasteiger partial charge in [0.05, 0.1) is 5.69 Å². The fourth-order valence-electron chi connectivity index (χ4n) is 2.79. The Bertz CT molecular complexity index is 744. The van der Waals surface area contributed by atoms with E-state index < -0.39 is 0 Å². The molecule has 0 spiro atoms. The van der Waals surface area contributed by atoms with E-state index in [0.717, 1.165) is 6.42 Å². The number of anilines is 1. The maximum Gasteiger partial charge on any atom is 0.266 e. The molecule has 0 radical (unpaired) electrons. The number of aromatic nitrogens is 1. The molecule has 24 heavy (non-hydrogen) atoms. The summed E-state index contributed by atoms with van der Waals surface area (Å²) in [7, 11) is 0. The van der Waals surface area contributed by atoms with Crippen LogP contribution in [0.2, 0.25) is 0 Å². The number of rotatable bonds is 4. The third-order valence-electron chi connectivity index (χ3n) is 4.13. The van der Waals surface area contributed by atoms with Crippen molar-refractivity contribution >= 4 is 28.3 Å². The lowest BCUT2D eigenvalue weighted by Crippen LogP contribution is -2.52. The normalized spacial score (nSPS) is 15.0. The van der Waals surface area contributed by atoms with Crippen LogP contribution in [0.15, 0.2) is 30.3 Å². The predicted octanol–water partition coefficient (Wildman–Crippen LogP) is 1.56. The van der Waals surface area contributed by atoms with Gasteiger partial charge in [0.2, 0.25) is 5.91 Å². The highest BCUT2D eigenvalue weighted by molar-refractivity contribution is 7.17. The molecule has 2 N–H and O–H groups in total. The van der Waals surface area contributed by atoms with Gasteiger partial charge >= 0.3 is 0 Å². The number of thiazole rings is 1. The fraction of sp³-hybridized carbons (Fsp3) is 0.353. The largest absolute Gasteiger partial charge is 0.375 e. The molecule has 2 aromatic rings. The summed E-state index contributed by atoms with van der Waals surface area (Å²) in [5.41, 5.74) is 7.49. The van der Waals surface area contributed by atoms with Gasteiger partial charge in [-0.15, -0.1) is 0 Å². The van der Waals surface area contributed by atoms with Crippen LogP contribution in [-0.2, 0) is 11.2 Å². The molecular weight excluding hydrogens is 324 g/mol. The summed E-state index contributed by atoms with van der Waals surface area (Å²) >= 11 is 1.18. The zero-order valence-corrected chi connectivity index (χ0v) is 14.4. The number of hydrogen-bond acceptors (Lipinski definition) is 5. The van der Waals surface area contributed by atoms with Gasteiger partial charge in [0.1, 0.15) is 11.4 Å². The molecule has 1 aromatic heterocycles. The average molecular weight is 344 g/mol. The number of aryl methyl sites for hydroxylation is 1. The molecule has 6 nitrogen and oxygen atoms in total. The lowest BCUT2D eigenvalue weighted by atomic mass is 10.1. The fourth-order valence-corrected chi connectivity index (χ4v) is 3.59. The van der Waals surface area contributed by atoms with Crippen LogP contribution in [0.25, 0.3) is 0 Å². The molecule has 1 aliphatic rings. The van der Waals surface area contributed by atoms with Crippen LogP contribution < -0.4 is 5.73 Å². The number of nitrogens with zero attached hydrogens (tertiary/aromatic N) is 3. The van der Waals surface area contributed by atoms with Crippen molar-refractivity contribution in [3.8, 4) is 0 Å². The van der Waals surface area contributed by atoms with Gasteiger partial charge in [0.25, 0.3) is 5.91 Å². The van der Waals surface area contributed by atoms with E-state index in [-0.39, 0.29) is 18.4 Å². The number of carbonyl (C=O) groups excluding carboxylic acids is 2. The van der Waals surface area contributed by atoms with Crippen molar-refractivity contribution in [2.75, 3.05) is 31.9 Å². The first kappa shape index (κ1) is 16.4. The topological polar surface area (TPSA) is 79.5 Å². The zero-order valence-electron chi connectivity index (χ0n) is 13.6. The molecule has 0 aliphatic carbocycles. The number of nitrogen functional groups attached to an aromatic ring is 1. The van der Waals surface area contributed by atoms with Gasteiger partial charge < -0.3 is 15.5 Å². The second-order valence-electron chi connectivity index (χ2n) is 5.81. The zero-order chi connectivity index (χ0) is 17.1. The monoisotopic (exact) mass is 344 g/mol. The van der Waals surface area contributed by atoms with Gasteiger partial charge in [-0.2, -0.15) is 0 Å². The molecule has 7 heteroatoms. The minimum Gasteiger partial charge on any atom is -0.375 e. The Balaban J connectivity index is 1.58. The molecule has 3 rings (SSSR count). The molecule has 1 aromatic carbocycles. The molecule has 0 unspecified atom stereocenters. The summed E-state index contributed by atoms with van der Waals surface area (Å²) < 4.78 is 0. The third-order valence-corrected chi connectivity index (χ3v) is 5.10. The van der Waals surface area contributed by atoms with E-state index >= 15 is 0 Å². The summed E-state index contributed by atoms with van der Waals surface area (Å²) in [5, 5.41) is 0.378.